The van der Waals surface area contributed by atoms with Crippen molar-refractivity contribution in [3.63, 3.8) is 0 Å². The molecular formula is C114H80N4. The number of hydrogen-bond donors (Lipinski definition) is 0. The standard InChI is InChI=1S/2C57H40N2/c1-57(2)50-24-14-23-44(41-19-13-20-42(33-41)58-52-25-11-9-21-45(52)46-22-10-12-26-53(46)58)56(50)47-30-29-43(36-51(47)57)59-54-31-27-39(37-15-5-3-6-16-37)34-48(54)49-35-40(28-32-55(49)59)38-17-7-4-8-18-38;1-57(2)50-21-13-20-44(39-24-28-42(29-25-39)58-52-22-11-9-18-45(52)46-19-10-12-23-53(46)58)56(50)47-31-30-43(36-51(47)57)59-54-32-26-40(37-14-5-3-6-15-37)34-48(54)49-35-41(27-33-55(49)59)38-16-7-4-8-17-38/h2*3-36H,1-2H3. The molecule has 118 heavy (non-hydrogen) atoms. The number of hydrogen-bond acceptors (Lipinski definition) is 0. The highest BCUT2D eigenvalue weighted by molar-refractivity contribution is 6.15. The third-order valence-corrected chi connectivity index (χ3v) is 25.9. The largest absolute Gasteiger partial charge is 0.309 e. The van der Waals surface area contributed by atoms with Gasteiger partial charge in [-0.1, -0.05) is 319 Å². The van der Waals surface area contributed by atoms with Crippen LogP contribution in [0.25, 0.3) is 199 Å². The van der Waals surface area contributed by atoms with E-state index in [4.69, 9.17) is 0 Å². The number of aromatic nitrogens is 4. The molecule has 556 valence electrons. The summed E-state index contributed by atoms with van der Waals surface area (Å²) in [5, 5.41) is 10.1. The first kappa shape index (κ1) is 68.7. The minimum absolute atomic E-state index is 0.181. The van der Waals surface area contributed by atoms with Crippen LogP contribution in [0.1, 0.15) is 49.9 Å². The molecule has 0 saturated heterocycles. The van der Waals surface area contributed by atoms with Gasteiger partial charge in [0.15, 0.2) is 0 Å². The number of para-hydroxylation sites is 4. The lowest BCUT2D eigenvalue weighted by Crippen LogP contribution is -2.15. The number of benzene rings is 18. The van der Waals surface area contributed by atoms with E-state index in [0.717, 1.165) is 0 Å². The van der Waals surface area contributed by atoms with Crippen molar-refractivity contribution in [3.05, 3.63) is 435 Å². The average molecular weight is 1510 g/mol. The van der Waals surface area contributed by atoms with Gasteiger partial charge in [-0.2, -0.15) is 0 Å². The van der Waals surface area contributed by atoms with Crippen molar-refractivity contribution >= 4 is 87.2 Å². The Morgan fingerprint density at radius 3 is 0.780 bits per heavy atom. The van der Waals surface area contributed by atoms with Gasteiger partial charge in [0, 0.05) is 76.7 Å². The van der Waals surface area contributed by atoms with Crippen LogP contribution in [0.4, 0.5) is 0 Å². The van der Waals surface area contributed by atoms with Crippen LogP contribution in [-0.4, -0.2) is 18.3 Å². The van der Waals surface area contributed by atoms with Gasteiger partial charge in [0.25, 0.3) is 0 Å². The Balaban J connectivity index is 0.000000138. The minimum Gasteiger partial charge on any atom is -0.309 e. The van der Waals surface area contributed by atoms with Crippen LogP contribution in [0.15, 0.2) is 413 Å². The van der Waals surface area contributed by atoms with Gasteiger partial charge < -0.3 is 18.3 Å². The van der Waals surface area contributed by atoms with Crippen LogP contribution in [0.3, 0.4) is 0 Å². The molecule has 22 aromatic rings. The van der Waals surface area contributed by atoms with E-state index in [2.05, 4.69) is 458 Å². The van der Waals surface area contributed by atoms with Crippen LogP contribution >= 0.6 is 0 Å². The van der Waals surface area contributed by atoms with E-state index in [-0.39, 0.29) is 10.8 Å². The second kappa shape index (κ2) is 26.9. The summed E-state index contributed by atoms with van der Waals surface area (Å²) in [6.07, 6.45) is 0. The number of nitrogens with zero attached hydrogens (tertiary/aromatic N) is 4. The van der Waals surface area contributed by atoms with Crippen molar-refractivity contribution in [2.24, 2.45) is 0 Å². The monoisotopic (exact) mass is 1500 g/mol. The first-order chi connectivity index (χ1) is 58.1. The molecule has 4 nitrogen and oxygen atoms in total. The fourth-order valence-electron chi connectivity index (χ4n) is 20.2. The number of rotatable bonds is 10. The summed E-state index contributed by atoms with van der Waals surface area (Å²) in [6.45, 7) is 9.56. The van der Waals surface area contributed by atoms with Gasteiger partial charge in [0.2, 0.25) is 0 Å². The maximum Gasteiger partial charge on any atom is 0.0541 e. The van der Waals surface area contributed by atoms with Gasteiger partial charge in [-0.05, 0) is 233 Å². The molecule has 0 fully saturated rings. The quantitative estimate of drug-likeness (QED) is 0.130. The molecule has 4 aromatic heterocycles. The molecule has 0 atom stereocenters. The molecule has 2 aliphatic rings. The summed E-state index contributed by atoms with van der Waals surface area (Å²) in [4.78, 5) is 0. The zero-order chi connectivity index (χ0) is 78.5. The molecule has 0 radical (unpaired) electrons. The van der Waals surface area contributed by atoms with Gasteiger partial charge in [0.05, 0.1) is 44.1 Å². The fourth-order valence-corrected chi connectivity index (χ4v) is 20.2. The predicted octanol–water partition coefficient (Wildman–Crippen LogP) is 30.4. The summed E-state index contributed by atoms with van der Waals surface area (Å²) >= 11 is 0. The van der Waals surface area contributed by atoms with Gasteiger partial charge in [0.1, 0.15) is 0 Å². The number of fused-ring (bicyclic) bond motifs is 18. The van der Waals surface area contributed by atoms with E-state index in [1.165, 1.54) is 221 Å². The Labute approximate surface area is 685 Å². The first-order valence-electron chi connectivity index (χ1n) is 41.2. The summed E-state index contributed by atoms with van der Waals surface area (Å²) < 4.78 is 9.76. The van der Waals surface area contributed by atoms with Crippen molar-refractivity contribution in [1.82, 2.24) is 18.3 Å². The zero-order valence-corrected chi connectivity index (χ0v) is 66.0. The second-order valence-corrected chi connectivity index (χ2v) is 33.1. The second-order valence-electron chi connectivity index (χ2n) is 33.1. The molecule has 0 amide bonds. The molecule has 18 aromatic carbocycles. The molecule has 4 heterocycles. The predicted molar refractivity (Wildman–Crippen MR) is 498 cm³/mol. The van der Waals surface area contributed by atoms with E-state index in [1.807, 2.05) is 0 Å². The average Bonchev–Trinajstić information content (AvgIpc) is 1.56. The highest BCUT2D eigenvalue weighted by Gasteiger charge is 2.39. The molecule has 0 bridgehead atoms. The smallest absolute Gasteiger partial charge is 0.0541 e. The molecular weight excluding hydrogens is 1430 g/mol. The van der Waals surface area contributed by atoms with Gasteiger partial charge >= 0.3 is 0 Å². The van der Waals surface area contributed by atoms with Crippen molar-refractivity contribution in [2.45, 2.75) is 38.5 Å². The summed E-state index contributed by atoms with van der Waals surface area (Å²) in [5.74, 6) is 0. The van der Waals surface area contributed by atoms with Crippen LogP contribution in [-0.2, 0) is 10.8 Å². The van der Waals surface area contributed by atoms with Crippen LogP contribution in [0, 0.1) is 0 Å². The molecule has 4 heteroatoms. The highest BCUT2D eigenvalue weighted by Crippen LogP contribution is 2.56. The Hall–Kier alpha value is -14.8. The van der Waals surface area contributed by atoms with E-state index < -0.39 is 0 Å². The molecule has 0 N–H and O–H groups in total. The Morgan fingerprint density at radius 1 is 0.153 bits per heavy atom. The summed E-state index contributed by atoms with van der Waals surface area (Å²) in [5.41, 5.74) is 39.6. The normalized spacial score (nSPS) is 13.1. The maximum atomic E-state index is 2.48. The van der Waals surface area contributed by atoms with Crippen LogP contribution in [0.5, 0.6) is 0 Å². The first-order valence-corrected chi connectivity index (χ1v) is 41.2. The molecule has 0 aliphatic heterocycles. The van der Waals surface area contributed by atoms with E-state index in [1.54, 1.807) is 0 Å². The third kappa shape index (κ3) is 10.8. The molecule has 0 unspecified atom stereocenters. The molecule has 24 rings (SSSR count). The summed E-state index contributed by atoms with van der Waals surface area (Å²) in [6, 6.07) is 152. The van der Waals surface area contributed by atoms with Gasteiger partial charge in [-0.15, -0.1) is 0 Å². The minimum atomic E-state index is -0.194. The Bertz CT molecular complexity index is 7520. The van der Waals surface area contributed by atoms with Crippen molar-refractivity contribution in [1.29, 1.82) is 0 Å². The molecule has 0 spiro atoms. The third-order valence-electron chi connectivity index (χ3n) is 25.9. The Kier molecular flexibility index (Phi) is 15.7. The van der Waals surface area contributed by atoms with Crippen molar-refractivity contribution in [3.8, 4) is 112 Å². The molecule has 2 aliphatic carbocycles. The SMILES string of the molecule is CC1(C)c2cc(-n3c4ccc(-c5ccccc5)cc4c4cc(-c5ccccc5)ccc43)ccc2-c2c(-c3ccc(-n4c5ccccc5c5ccccc54)cc3)cccc21.CC1(C)c2cc(-n3c4ccc(-c5ccccc5)cc4c4cc(-c5ccccc5)ccc43)ccc2-c2c(-c3cccc(-n4c5ccccc5c5ccccc54)c3)cccc21. The summed E-state index contributed by atoms with van der Waals surface area (Å²) in [7, 11) is 0. The lowest BCUT2D eigenvalue weighted by atomic mass is 9.82. The lowest BCUT2D eigenvalue weighted by Gasteiger charge is -2.22. The van der Waals surface area contributed by atoms with E-state index in [9.17, 15) is 0 Å². The van der Waals surface area contributed by atoms with Crippen LogP contribution < -0.4 is 0 Å². The highest BCUT2D eigenvalue weighted by atomic mass is 15.0. The topological polar surface area (TPSA) is 19.7 Å². The van der Waals surface area contributed by atoms with Gasteiger partial charge in [-0.3, -0.25) is 0 Å². The van der Waals surface area contributed by atoms with E-state index in [0.29, 0.717) is 0 Å². The van der Waals surface area contributed by atoms with E-state index >= 15 is 0 Å². The van der Waals surface area contributed by atoms with Gasteiger partial charge in [-0.25, -0.2) is 0 Å². The Morgan fingerprint density at radius 2 is 0.424 bits per heavy atom. The van der Waals surface area contributed by atoms with Crippen molar-refractivity contribution in [2.75, 3.05) is 0 Å². The molecule has 0 saturated carbocycles. The van der Waals surface area contributed by atoms with Crippen LogP contribution in [0.2, 0.25) is 0 Å². The lowest BCUT2D eigenvalue weighted by molar-refractivity contribution is 0.660. The maximum absolute atomic E-state index is 2.48. The zero-order valence-electron chi connectivity index (χ0n) is 66.0. The van der Waals surface area contributed by atoms with Crippen molar-refractivity contribution < 1.29 is 0 Å². The fraction of sp³-hybridized carbons (Fsp3) is 0.0526.